The standard InChI is InChI=1S/C14H23FN2O2S2/c1-5-16-9-12-6-7-14(13(15)8-12)21(18,19)17(3)11(2)10-20-4/h6-8,11,16H,5,9-10H2,1-4H3. The predicted molar refractivity (Wildman–Crippen MR) is 86.6 cm³/mol. The summed E-state index contributed by atoms with van der Waals surface area (Å²) in [6.45, 7) is 5.06. The SMILES string of the molecule is CCNCc1ccc(S(=O)(=O)N(C)C(C)CSC)c(F)c1. The molecule has 120 valence electrons. The molecule has 1 atom stereocenters. The summed E-state index contributed by atoms with van der Waals surface area (Å²) in [7, 11) is -2.32. The third-order valence-corrected chi connectivity index (χ3v) is 6.08. The van der Waals surface area contributed by atoms with Crippen molar-refractivity contribution in [1.82, 2.24) is 9.62 Å². The summed E-state index contributed by atoms with van der Waals surface area (Å²) < 4.78 is 40.3. The van der Waals surface area contributed by atoms with Crippen LogP contribution in [0.5, 0.6) is 0 Å². The molecule has 0 bridgehead atoms. The summed E-state index contributed by atoms with van der Waals surface area (Å²) in [6, 6.07) is 4.08. The van der Waals surface area contributed by atoms with Crippen LogP contribution in [0, 0.1) is 5.82 Å². The first kappa shape index (κ1) is 18.4. The normalized spacial score (nSPS) is 13.6. The van der Waals surface area contributed by atoms with E-state index in [0.717, 1.165) is 12.1 Å². The number of halogens is 1. The van der Waals surface area contributed by atoms with Gasteiger partial charge in [-0.1, -0.05) is 13.0 Å². The number of thioether (sulfide) groups is 1. The number of hydrogen-bond acceptors (Lipinski definition) is 4. The molecule has 1 aromatic carbocycles. The van der Waals surface area contributed by atoms with Gasteiger partial charge in [-0.15, -0.1) is 0 Å². The maximum atomic E-state index is 14.1. The van der Waals surface area contributed by atoms with Gasteiger partial charge in [0.05, 0.1) is 0 Å². The van der Waals surface area contributed by atoms with Crippen LogP contribution in [0.4, 0.5) is 4.39 Å². The molecule has 0 aromatic heterocycles. The average Bonchev–Trinajstić information content (AvgIpc) is 2.44. The van der Waals surface area contributed by atoms with Gasteiger partial charge in [-0.05, 0) is 37.4 Å². The first-order valence-corrected chi connectivity index (χ1v) is 9.64. The van der Waals surface area contributed by atoms with Gasteiger partial charge in [0.1, 0.15) is 10.7 Å². The van der Waals surface area contributed by atoms with E-state index < -0.39 is 15.8 Å². The van der Waals surface area contributed by atoms with Gasteiger partial charge in [-0.25, -0.2) is 12.8 Å². The maximum absolute atomic E-state index is 14.1. The van der Waals surface area contributed by atoms with Gasteiger partial charge in [-0.2, -0.15) is 16.1 Å². The fourth-order valence-electron chi connectivity index (χ4n) is 1.87. The van der Waals surface area contributed by atoms with E-state index in [2.05, 4.69) is 5.32 Å². The highest BCUT2D eigenvalue weighted by atomic mass is 32.2. The van der Waals surface area contributed by atoms with Crippen LogP contribution in [0.3, 0.4) is 0 Å². The highest BCUT2D eigenvalue weighted by Crippen LogP contribution is 2.22. The van der Waals surface area contributed by atoms with Crippen LogP contribution in [-0.2, 0) is 16.6 Å². The van der Waals surface area contributed by atoms with Crippen LogP contribution in [0.25, 0.3) is 0 Å². The number of nitrogens with one attached hydrogen (secondary N) is 1. The number of rotatable bonds is 8. The first-order valence-electron chi connectivity index (χ1n) is 6.80. The number of nitrogens with zero attached hydrogens (tertiary/aromatic N) is 1. The molecule has 1 rings (SSSR count). The zero-order valence-electron chi connectivity index (χ0n) is 12.9. The van der Waals surface area contributed by atoms with Crippen molar-refractivity contribution >= 4 is 21.8 Å². The minimum Gasteiger partial charge on any atom is -0.313 e. The molecule has 0 fully saturated rings. The van der Waals surface area contributed by atoms with E-state index in [0.29, 0.717) is 12.3 Å². The lowest BCUT2D eigenvalue weighted by molar-refractivity contribution is 0.411. The van der Waals surface area contributed by atoms with Crippen molar-refractivity contribution in [1.29, 1.82) is 0 Å². The summed E-state index contributed by atoms with van der Waals surface area (Å²) in [5.74, 6) is -0.0378. The second-order valence-electron chi connectivity index (χ2n) is 4.87. The smallest absolute Gasteiger partial charge is 0.246 e. The van der Waals surface area contributed by atoms with Crippen molar-refractivity contribution < 1.29 is 12.8 Å². The number of hydrogen-bond donors (Lipinski definition) is 1. The third-order valence-electron chi connectivity index (χ3n) is 3.26. The Morgan fingerprint density at radius 3 is 2.62 bits per heavy atom. The molecular formula is C14H23FN2O2S2. The van der Waals surface area contributed by atoms with E-state index in [1.807, 2.05) is 20.1 Å². The minimum atomic E-state index is -3.80. The molecule has 4 nitrogen and oxygen atoms in total. The average molecular weight is 334 g/mol. The zero-order valence-corrected chi connectivity index (χ0v) is 14.5. The molecule has 7 heteroatoms. The van der Waals surface area contributed by atoms with Gasteiger partial charge in [0.2, 0.25) is 10.0 Å². The van der Waals surface area contributed by atoms with Crippen molar-refractivity contribution in [3.05, 3.63) is 29.6 Å². The Hall–Kier alpha value is -0.630. The Balaban J connectivity index is 3.03. The Bertz CT molecular complexity index is 564. The summed E-state index contributed by atoms with van der Waals surface area (Å²) in [5.41, 5.74) is 0.730. The summed E-state index contributed by atoms with van der Waals surface area (Å²) in [6.07, 6.45) is 1.91. The van der Waals surface area contributed by atoms with Gasteiger partial charge in [-0.3, -0.25) is 0 Å². The summed E-state index contributed by atoms with van der Waals surface area (Å²) >= 11 is 1.56. The van der Waals surface area contributed by atoms with E-state index in [9.17, 15) is 12.8 Å². The number of sulfonamides is 1. The Morgan fingerprint density at radius 2 is 2.10 bits per heavy atom. The van der Waals surface area contributed by atoms with Crippen LogP contribution >= 0.6 is 11.8 Å². The molecule has 0 saturated heterocycles. The van der Waals surface area contributed by atoms with Gasteiger partial charge in [0.25, 0.3) is 0 Å². The molecule has 0 heterocycles. The van der Waals surface area contributed by atoms with E-state index >= 15 is 0 Å². The molecule has 0 aliphatic heterocycles. The van der Waals surface area contributed by atoms with Crippen molar-refractivity contribution in [2.45, 2.75) is 31.3 Å². The lowest BCUT2D eigenvalue weighted by atomic mass is 10.2. The van der Waals surface area contributed by atoms with Crippen molar-refractivity contribution in [2.24, 2.45) is 0 Å². The van der Waals surface area contributed by atoms with Gasteiger partial charge < -0.3 is 5.32 Å². The monoisotopic (exact) mass is 334 g/mol. The number of benzene rings is 1. The third kappa shape index (κ3) is 4.67. The second kappa shape index (κ2) is 8.12. The van der Waals surface area contributed by atoms with E-state index in [1.165, 1.54) is 23.5 Å². The minimum absolute atomic E-state index is 0.189. The van der Waals surface area contributed by atoms with E-state index in [1.54, 1.807) is 17.8 Å². The Kier molecular flexibility index (Phi) is 7.12. The molecule has 0 saturated carbocycles. The summed E-state index contributed by atoms with van der Waals surface area (Å²) in [5, 5.41) is 3.08. The second-order valence-corrected chi connectivity index (χ2v) is 7.75. The Labute approximate surface area is 131 Å². The quantitative estimate of drug-likeness (QED) is 0.792. The van der Waals surface area contributed by atoms with Gasteiger partial charge >= 0.3 is 0 Å². The van der Waals surface area contributed by atoms with Gasteiger partial charge in [0, 0.05) is 25.4 Å². The van der Waals surface area contributed by atoms with Crippen molar-refractivity contribution in [3.8, 4) is 0 Å². The molecule has 21 heavy (non-hydrogen) atoms. The molecule has 0 aliphatic carbocycles. The zero-order chi connectivity index (χ0) is 16.0. The van der Waals surface area contributed by atoms with Crippen LogP contribution in [-0.4, -0.2) is 44.4 Å². The van der Waals surface area contributed by atoms with Crippen molar-refractivity contribution in [3.63, 3.8) is 0 Å². The fraction of sp³-hybridized carbons (Fsp3) is 0.571. The maximum Gasteiger partial charge on any atom is 0.246 e. The lowest BCUT2D eigenvalue weighted by Crippen LogP contribution is -2.37. The first-order chi connectivity index (χ1) is 9.84. The fourth-order valence-corrected chi connectivity index (χ4v) is 4.08. The Morgan fingerprint density at radius 1 is 1.43 bits per heavy atom. The largest absolute Gasteiger partial charge is 0.313 e. The van der Waals surface area contributed by atoms with E-state index in [-0.39, 0.29) is 10.9 Å². The van der Waals surface area contributed by atoms with Crippen LogP contribution < -0.4 is 5.32 Å². The predicted octanol–water partition coefficient (Wildman–Crippen LogP) is 2.31. The molecule has 1 N–H and O–H groups in total. The van der Waals surface area contributed by atoms with Crippen LogP contribution in [0.15, 0.2) is 23.1 Å². The van der Waals surface area contributed by atoms with Gasteiger partial charge in [0.15, 0.2) is 0 Å². The van der Waals surface area contributed by atoms with Crippen molar-refractivity contribution in [2.75, 3.05) is 25.6 Å². The molecule has 0 radical (unpaired) electrons. The lowest BCUT2D eigenvalue weighted by Gasteiger charge is -2.24. The molecular weight excluding hydrogens is 311 g/mol. The van der Waals surface area contributed by atoms with E-state index in [4.69, 9.17) is 0 Å². The van der Waals surface area contributed by atoms with Crippen LogP contribution in [0.2, 0.25) is 0 Å². The molecule has 0 spiro atoms. The molecule has 1 aromatic rings. The summed E-state index contributed by atoms with van der Waals surface area (Å²) in [4.78, 5) is -0.266. The highest BCUT2D eigenvalue weighted by molar-refractivity contribution is 7.98. The highest BCUT2D eigenvalue weighted by Gasteiger charge is 2.27. The molecule has 0 aliphatic rings. The topological polar surface area (TPSA) is 49.4 Å². The molecule has 1 unspecified atom stereocenters. The van der Waals surface area contributed by atoms with Crippen LogP contribution in [0.1, 0.15) is 19.4 Å². The molecule has 0 amide bonds.